The van der Waals surface area contributed by atoms with E-state index >= 15 is 0 Å². The summed E-state index contributed by atoms with van der Waals surface area (Å²) >= 11 is 0. The van der Waals surface area contributed by atoms with Gasteiger partial charge in [-0.25, -0.2) is 0 Å². The number of aryl methyl sites for hydroxylation is 3. The zero-order chi connectivity index (χ0) is 16.9. The molecule has 0 amide bonds. The zero-order valence-corrected chi connectivity index (χ0v) is 14.2. The van der Waals surface area contributed by atoms with Crippen LogP contribution in [0.3, 0.4) is 0 Å². The Morgan fingerprint density at radius 3 is 2.50 bits per heavy atom. The van der Waals surface area contributed by atoms with E-state index in [0.717, 1.165) is 23.4 Å². The third kappa shape index (κ3) is 3.68. The van der Waals surface area contributed by atoms with E-state index in [2.05, 4.69) is 76.9 Å². The molecule has 24 heavy (non-hydrogen) atoms. The third-order valence-corrected chi connectivity index (χ3v) is 3.86. The predicted octanol–water partition coefficient (Wildman–Crippen LogP) is 4.54. The molecule has 1 aromatic heterocycles. The lowest BCUT2D eigenvalue weighted by Gasteiger charge is -2.13. The van der Waals surface area contributed by atoms with E-state index in [1.54, 1.807) is 6.20 Å². The second kappa shape index (κ2) is 7.08. The normalized spacial score (nSPS) is 10.5. The molecule has 1 heterocycles. The van der Waals surface area contributed by atoms with Crippen molar-refractivity contribution in [1.82, 2.24) is 15.2 Å². The highest BCUT2D eigenvalue weighted by Gasteiger charge is 2.07. The average Bonchev–Trinajstić information content (AvgIpc) is 2.59. The van der Waals surface area contributed by atoms with Crippen LogP contribution in [0.4, 0.5) is 23.1 Å². The maximum Gasteiger partial charge on any atom is 0.249 e. The largest absolute Gasteiger partial charge is 0.339 e. The Morgan fingerprint density at radius 1 is 0.958 bits per heavy atom. The quantitative estimate of drug-likeness (QED) is 0.723. The molecule has 0 bridgehead atoms. The monoisotopic (exact) mass is 319 g/mol. The van der Waals surface area contributed by atoms with Crippen LogP contribution in [-0.2, 0) is 6.42 Å². The highest BCUT2D eigenvalue weighted by atomic mass is 15.3. The van der Waals surface area contributed by atoms with Gasteiger partial charge in [-0.3, -0.25) is 0 Å². The molecule has 2 N–H and O–H groups in total. The first kappa shape index (κ1) is 15.9. The molecular formula is C19H21N5. The van der Waals surface area contributed by atoms with E-state index in [1.807, 2.05) is 12.1 Å². The Morgan fingerprint density at radius 2 is 1.75 bits per heavy atom. The first-order valence-electron chi connectivity index (χ1n) is 8.04. The van der Waals surface area contributed by atoms with Crippen LogP contribution in [0.5, 0.6) is 0 Å². The van der Waals surface area contributed by atoms with Gasteiger partial charge in [0.1, 0.15) is 0 Å². The summed E-state index contributed by atoms with van der Waals surface area (Å²) in [6, 6.07) is 14.4. The molecule has 5 heteroatoms. The van der Waals surface area contributed by atoms with Crippen LogP contribution in [0.1, 0.15) is 23.6 Å². The van der Waals surface area contributed by atoms with Gasteiger partial charge in [-0.2, -0.15) is 10.1 Å². The lowest BCUT2D eigenvalue weighted by Crippen LogP contribution is -2.05. The number of aromatic nitrogens is 3. The van der Waals surface area contributed by atoms with Gasteiger partial charge in [0.2, 0.25) is 5.95 Å². The van der Waals surface area contributed by atoms with Crippen LogP contribution in [0.25, 0.3) is 0 Å². The van der Waals surface area contributed by atoms with Crippen molar-refractivity contribution >= 4 is 23.1 Å². The second-order valence-corrected chi connectivity index (χ2v) is 5.74. The first-order chi connectivity index (χ1) is 11.7. The van der Waals surface area contributed by atoms with Crippen LogP contribution in [0.2, 0.25) is 0 Å². The molecule has 122 valence electrons. The number of benzene rings is 2. The fourth-order valence-electron chi connectivity index (χ4n) is 2.52. The van der Waals surface area contributed by atoms with Crippen molar-refractivity contribution in [2.75, 3.05) is 10.6 Å². The Bertz CT molecular complexity index is 827. The maximum atomic E-state index is 4.51. The minimum Gasteiger partial charge on any atom is -0.339 e. The van der Waals surface area contributed by atoms with E-state index in [1.165, 1.54) is 11.1 Å². The lowest BCUT2D eigenvalue weighted by molar-refractivity contribution is 0.979. The smallest absolute Gasteiger partial charge is 0.249 e. The molecular weight excluding hydrogens is 298 g/mol. The summed E-state index contributed by atoms with van der Waals surface area (Å²) in [6.07, 6.45) is 2.56. The Labute approximate surface area is 142 Å². The van der Waals surface area contributed by atoms with Gasteiger partial charge in [0, 0.05) is 11.4 Å². The van der Waals surface area contributed by atoms with E-state index in [9.17, 15) is 0 Å². The van der Waals surface area contributed by atoms with Crippen molar-refractivity contribution in [2.24, 2.45) is 0 Å². The van der Waals surface area contributed by atoms with Crippen molar-refractivity contribution in [3.63, 3.8) is 0 Å². The van der Waals surface area contributed by atoms with Crippen LogP contribution >= 0.6 is 0 Å². The highest BCUT2D eigenvalue weighted by Crippen LogP contribution is 2.24. The van der Waals surface area contributed by atoms with Crippen LogP contribution in [0.15, 0.2) is 48.7 Å². The van der Waals surface area contributed by atoms with E-state index in [-0.39, 0.29) is 0 Å². The van der Waals surface area contributed by atoms with E-state index in [4.69, 9.17) is 0 Å². The standard InChI is InChI=1S/C19H21N5/c1-4-15-7-5-6-14(3)18(15)23-19-22-17(12-20-24-19)21-16-10-8-13(2)9-11-16/h5-12H,4H2,1-3H3,(H2,21,22,23,24). The minimum absolute atomic E-state index is 0.483. The summed E-state index contributed by atoms with van der Waals surface area (Å²) in [4.78, 5) is 4.51. The van der Waals surface area contributed by atoms with Gasteiger partial charge >= 0.3 is 0 Å². The predicted molar refractivity (Wildman–Crippen MR) is 98.1 cm³/mol. The third-order valence-electron chi connectivity index (χ3n) is 3.86. The number of rotatable bonds is 5. The van der Waals surface area contributed by atoms with Gasteiger partial charge < -0.3 is 10.6 Å². The van der Waals surface area contributed by atoms with Gasteiger partial charge in [-0.1, -0.05) is 42.8 Å². The summed E-state index contributed by atoms with van der Waals surface area (Å²) < 4.78 is 0. The molecule has 0 atom stereocenters. The lowest BCUT2D eigenvalue weighted by atomic mass is 10.1. The fourth-order valence-corrected chi connectivity index (χ4v) is 2.52. The van der Waals surface area contributed by atoms with E-state index in [0.29, 0.717) is 11.8 Å². The number of para-hydroxylation sites is 1. The van der Waals surface area contributed by atoms with Gasteiger partial charge in [-0.05, 0) is 43.5 Å². The Kier molecular flexibility index (Phi) is 4.70. The fraction of sp³-hybridized carbons (Fsp3) is 0.211. The van der Waals surface area contributed by atoms with Crippen LogP contribution < -0.4 is 10.6 Å². The second-order valence-electron chi connectivity index (χ2n) is 5.74. The van der Waals surface area contributed by atoms with Crippen molar-refractivity contribution in [3.05, 3.63) is 65.4 Å². The summed E-state index contributed by atoms with van der Waals surface area (Å²) in [7, 11) is 0. The molecule has 0 aliphatic heterocycles. The summed E-state index contributed by atoms with van der Waals surface area (Å²) in [5.41, 5.74) is 5.63. The Balaban J connectivity index is 1.82. The molecule has 5 nitrogen and oxygen atoms in total. The summed E-state index contributed by atoms with van der Waals surface area (Å²) in [6.45, 7) is 6.27. The summed E-state index contributed by atoms with van der Waals surface area (Å²) in [5, 5.41) is 14.7. The van der Waals surface area contributed by atoms with Crippen molar-refractivity contribution < 1.29 is 0 Å². The molecule has 0 radical (unpaired) electrons. The van der Waals surface area contributed by atoms with Gasteiger partial charge in [0.25, 0.3) is 0 Å². The molecule has 0 aliphatic rings. The van der Waals surface area contributed by atoms with E-state index < -0.39 is 0 Å². The highest BCUT2D eigenvalue weighted by molar-refractivity contribution is 5.64. The van der Waals surface area contributed by atoms with Crippen LogP contribution in [0, 0.1) is 13.8 Å². The summed E-state index contributed by atoms with van der Waals surface area (Å²) in [5.74, 6) is 1.14. The SMILES string of the molecule is CCc1cccc(C)c1Nc1nncc(Nc2ccc(C)cc2)n1. The zero-order valence-electron chi connectivity index (χ0n) is 14.2. The minimum atomic E-state index is 0.483. The molecule has 0 aliphatic carbocycles. The molecule has 0 saturated heterocycles. The number of nitrogens with one attached hydrogen (secondary N) is 2. The number of nitrogens with zero attached hydrogens (tertiary/aromatic N) is 3. The molecule has 0 unspecified atom stereocenters. The Hall–Kier alpha value is -2.95. The molecule has 3 aromatic rings. The molecule has 0 spiro atoms. The first-order valence-corrected chi connectivity index (χ1v) is 8.04. The number of anilines is 4. The molecule has 3 rings (SSSR count). The molecule has 2 aromatic carbocycles. The van der Waals surface area contributed by atoms with Crippen molar-refractivity contribution in [2.45, 2.75) is 27.2 Å². The maximum absolute atomic E-state index is 4.51. The van der Waals surface area contributed by atoms with Gasteiger partial charge in [0.15, 0.2) is 5.82 Å². The van der Waals surface area contributed by atoms with Gasteiger partial charge in [0.05, 0.1) is 6.20 Å². The van der Waals surface area contributed by atoms with Crippen molar-refractivity contribution in [3.8, 4) is 0 Å². The number of hydrogen-bond acceptors (Lipinski definition) is 5. The topological polar surface area (TPSA) is 62.7 Å². The van der Waals surface area contributed by atoms with Crippen LogP contribution in [-0.4, -0.2) is 15.2 Å². The molecule has 0 saturated carbocycles. The van der Waals surface area contributed by atoms with Crippen molar-refractivity contribution in [1.29, 1.82) is 0 Å². The number of hydrogen-bond donors (Lipinski definition) is 2. The van der Waals surface area contributed by atoms with Gasteiger partial charge in [-0.15, -0.1) is 5.10 Å². The molecule has 0 fully saturated rings. The average molecular weight is 319 g/mol.